The quantitative estimate of drug-likeness (QED) is 0.771. The minimum atomic E-state index is -3.47. The van der Waals surface area contributed by atoms with Crippen molar-refractivity contribution in [2.75, 3.05) is 24.7 Å². The fraction of sp³-hybridized carbons (Fsp3) is 0.350. The number of benzene rings is 2. The Morgan fingerprint density at radius 3 is 2.19 bits per heavy atom. The fourth-order valence-corrected chi connectivity index (χ4v) is 3.35. The smallest absolute Gasteiger partial charge is 0.239 e. The molecule has 0 aliphatic carbocycles. The highest BCUT2D eigenvalue weighted by Crippen LogP contribution is 2.17. The highest BCUT2D eigenvalue weighted by atomic mass is 32.2. The number of hydrogen-bond acceptors (Lipinski definition) is 3. The van der Waals surface area contributed by atoms with E-state index in [0.717, 1.165) is 11.8 Å². The highest BCUT2D eigenvalue weighted by Gasteiger charge is 2.20. The van der Waals surface area contributed by atoms with Gasteiger partial charge in [0.05, 0.1) is 12.8 Å². The molecule has 0 spiro atoms. The van der Waals surface area contributed by atoms with Gasteiger partial charge in [-0.25, -0.2) is 8.42 Å². The van der Waals surface area contributed by atoms with Gasteiger partial charge in [-0.05, 0) is 35.6 Å². The molecule has 1 N–H and O–H groups in total. The molecule has 6 heteroatoms. The van der Waals surface area contributed by atoms with Crippen LogP contribution in [0.1, 0.15) is 30.9 Å². The zero-order valence-corrected chi connectivity index (χ0v) is 16.3. The molecule has 0 aliphatic rings. The molecule has 0 atom stereocenters. The van der Waals surface area contributed by atoms with Crippen LogP contribution in [0.2, 0.25) is 0 Å². The number of hydrogen-bond donors (Lipinski definition) is 1. The van der Waals surface area contributed by atoms with Gasteiger partial charge in [0.25, 0.3) is 0 Å². The molecule has 2 aromatic carbocycles. The minimum absolute atomic E-state index is 0.197. The molecular formula is C20H26N2O3S. The number of nitrogens with one attached hydrogen (secondary N) is 1. The maximum Gasteiger partial charge on any atom is 0.239 e. The Labute approximate surface area is 156 Å². The van der Waals surface area contributed by atoms with E-state index in [1.807, 2.05) is 54.6 Å². The summed E-state index contributed by atoms with van der Waals surface area (Å²) < 4.78 is 25.2. The van der Waals surface area contributed by atoms with Crippen molar-refractivity contribution < 1.29 is 13.2 Å². The predicted molar refractivity (Wildman–Crippen MR) is 106 cm³/mol. The summed E-state index contributed by atoms with van der Waals surface area (Å²) in [6.07, 6.45) is 1.69. The summed E-state index contributed by atoms with van der Waals surface area (Å²) in [5, 5.41) is 2.76. The van der Waals surface area contributed by atoms with Crippen molar-refractivity contribution in [3.8, 4) is 0 Å². The van der Waals surface area contributed by atoms with Crippen LogP contribution in [0, 0.1) is 0 Å². The number of carbonyl (C=O) groups excluding carboxylic acids is 1. The largest absolute Gasteiger partial charge is 0.325 e. The lowest BCUT2D eigenvalue weighted by atomic mass is 10.0. The van der Waals surface area contributed by atoms with Crippen molar-refractivity contribution in [1.29, 1.82) is 0 Å². The molecule has 0 unspecified atom stereocenters. The van der Waals surface area contributed by atoms with E-state index in [1.54, 1.807) is 0 Å². The Kier molecular flexibility index (Phi) is 6.94. The third kappa shape index (κ3) is 6.28. The Morgan fingerprint density at radius 2 is 1.65 bits per heavy atom. The standard InChI is InChI=1S/C20H26N2O3S/c1-16(2)18-9-11-19(12-10-18)21-20(23)15-22(26(3,24)25)14-13-17-7-5-4-6-8-17/h4-12,16H,13-15H2,1-3H3,(H,21,23). The Morgan fingerprint density at radius 1 is 1.04 bits per heavy atom. The number of rotatable bonds is 8. The molecule has 26 heavy (non-hydrogen) atoms. The SMILES string of the molecule is CC(C)c1ccc(NC(=O)CN(CCc2ccccc2)S(C)(=O)=O)cc1. The highest BCUT2D eigenvalue weighted by molar-refractivity contribution is 7.88. The van der Waals surface area contributed by atoms with Crippen LogP contribution >= 0.6 is 0 Å². The molecule has 0 heterocycles. The van der Waals surface area contributed by atoms with Crippen molar-refractivity contribution in [2.24, 2.45) is 0 Å². The summed E-state index contributed by atoms with van der Waals surface area (Å²) in [6, 6.07) is 17.2. The van der Waals surface area contributed by atoms with Crippen LogP contribution in [-0.2, 0) is 21.2 Å². The molecule has 0 aromatic heterocycles. The monoisotopic (exact) mass is 374 g/mol. The predicted octanol–water partition coefficient (Wildman–Crippen LogP) is 3.25. The second-order valence-electron chi connectivity index (χ2n) is 6.66. The van der Waals surface area contributed by atoms with Crippen LogP contribution in [-0.4, -0.2) is 38.0 Å². The van der Waals surface area contributed by atoms with Crippen LogP contribution in [0.4, 0.5) is 5.69 Å². The van der Waals surface area contributed by atoms with E-state index in [0.29, 0.717) is 18.0 Å². The molecule has 140 valence electrons. The van der Waals surface area contributed by atoms with E-state index >= 15 is 0 Å². The van der Waals surface area contributed by atoms with Crippen LogP contribution in [0.5, 0.6) is 0 Å². The number of carbonyl (C=O) groups is 1. The minimum Gasteiger partial charge on any atom is -0.325 e. The van der Waals surface area contributed by atoms with Gasteiger partial charge in [0.2, 0.25) is 15.9 Å². The lowest BCUT2D eigenvalue weighted by Gasteiger charge is -2.19. The number of nitrogens with zero attached hydrogens (tertiary/aromatic N) is 1. The van der Waals surface area contributed by atoms with Crippen molar-refractivity contribution in [1.82, 2.24) is 4.31 Å². The van der Waals surface area contributed by atoms with E-state index in [4.69, 9.17) is 0 Å². The number of sulfonamides is 1. The number of amides is 1. The molecule has 5 nitrogen and oxygen atoms in total. The van der Waals surface area contributed by atoms with E-state index in [9.17, 15) is 13.2 Å². The molecule has 0 fully saturated rings. The van der Waals surface area contributed by atoms with Crippen molar-refractivity contribution in [2.45, 2.75) is 26.2 Å². The summed E-state index contributed by atoms with van der Waals surface area (Å²) in [5.74, 6) is 0.0687. The zero-order valence-electron chi connectivity index (χ0n) is 15.5. The van der Waals surface area contributed by atoms with Crippen molar-refractivity contribution >= 4 is 21.6 Å². The first-order valence-corrected chi connectivity index (χ1v) is 10.5. The molecule has 2 aromatic rings. The maximum absolute atomic E-state index is 12.3. The van der Waals surface area contributed by atoms with Crippen LogP contribution < -0.4 is 5.32 Å². The van der Waals surface area contributed by atoms with Gasteiger partial charge in [-0.2, -0.15) is 4.31 Å². The van der Waals surface area contributed by atoms with E-state index < -0.39 is 10.0 Å². The first-order chi connectivity index (χ1) is 12.3. The summed E-state index contributed by atoms with van der Waals surface area (Å²) in [5.41, 5.74) is 2.88. The van der Waals surface area contributed by atoms with E-state index in [-0.39, 0.29) is 19.0 Å². The third-order valence-electron chi connectivity index (χ3n) is 4.14. The van der Waals surface area contributed by atoms with E-state index in [1.165, 1.54) is 9.87 Å². The van der Waals surface area contributed by atoms with Gasteiger partial charge in [-0.15, -0.1) is 0 Å². The molecule has 2 rings (SSSR count). The number of anilines is 1. The summed E-state index contributed by atoms with van der Waals surface area (Å²) in [6.45, 7) is 4.27. The summed E-state index contributed by atoms with van der Waals surface area (Å²) in [7, 11) is -3.47. The summed E-state index contributed by atoms with van der Waals surface area (Å²) >= 11 is 0. The molecule has 1 amide bonds. The first-order valence-electron chi connectivity index (χ1n) is 8.64. The fourth-order valence-electron chi connectivity index (χ4n) is 2.57. The Balaban J connectivity index is 1.97. The average molecular weight is 375 g/mol. The molecule has 0 aliphatic heterocycles. The van der Waals surface area contributed by atoms with Crippen LogP contribution in [0.25, 0.3) is 0 Å². The van der Waals surface area contributed by atoms with Gasteiger partial charge < -0.3 is 5.32 Å². The first kappa shape index (κ1) is 20.1. The average Bonchev–Trinajstić information content (AvgIpc) is 2.59. The topological polar surface area (TPSA) is 66.5 Å². The molecule has 0 bridgehead atoms. The normalized spacial score (nSPS) is 11.7. The van der Waals surface area contributed by atoms with Crippen LogP contribution in [0.3, 0.4) is 0 Å². The van der Waals surface area contributed by atoms with Crippen molar-refractivity contribution in [3.63, 3.8) is 0 Å². The lowest BCUT2D eigenvalue weighted by Crippen LogP contribution is -2.38. The lowest BCUT2D eigenvalue weighted by molar-refractivity contribution is -0.116. The second kappa shape index (κ2) is 8.96. The van der Waals surface area contributed by atoms with E-state index in [2.05, 4.69) is 19.2 Å². The molecular weight excluding hydrogens is 348 g/mol. The molecule has 0 radical (unpaired) electrons. The van der Waals surface area contributed by atoms with Gasteiger partial charge in [0, 0.05) is 12.2 Å². The second-order valence-corrected chi connectivity index (χ2v) is 8.64. The van der Waals surface area contributed by atoms with Gasteiger partial charge in [0.1, 0.15) is 0 Å². The molecule has 0 saturated carbocycles. The van der Waals surface area contributed by atoms with Gasteiger partial charge in [-0.1, -0.05) is 56.3 Å². The Hall–Kier alpha value is -2.18. The van der Waals surface area contributed by atoms with Crippen LogP contribution in [0.15, 0.2) is 54.6 Å². The third-order valence-corrected chi connectivity index (χ3v) is 5.39. The Bertz CT molecular complexity index is 816. The maximum atomic E-state index is 12.3. The van der Waals surface area contributed by atoms with Gasteiger partial charge in [0.15, 0.2) is 0 Å². The molecule has 0 saturated heterocycles. The van der Waals surface area contributed by atoms with Gasteiger partial charge in [-0.3, -0.25) is 4.79 Å². The summed E-state index contributed by atoms with van der Waals surface area (Å²) in [4.78, 5) is 12.3. The van der Waals surface area contributed by atoms with Crippen molar-refractivity contribution in [3.05, 3.63) is 65.7 Å². The zero-order chi connectivity index (χ0) is 19.2. The van der Waals surface area contributed by atoms with Gasteiger partial charge >= 0.3 is 0 Å².